The standard InChI is InChI=1S/C29H27F2N5O2/c30-20-14-25(36(15-20)26(37)16-35-17-32-22-8-4-5-9-24(22)35)29(38)34-27(19-6-2-1-3-7-19)23-13-12-21(18-10-11-18)28(31)33-23/h1-9,12-13,17-18,20,25,27H,10-11,14-16H2,(H,34,38)/t20-,25+,27-/m1/s1. The van der Waals surface area contributed by atoms with Gasteiger partial charge in [0.1, 0.15) is 18.8 Å². The number of hydrogen-bond acceptors (Lipinski definition) is 4. The fourth-order valence-electron chi connectivity index (χ4n) is 5.21. The molecule has 2 aliphatic rings. The minimum absolute atomic E-state index is 0.0610. The average molecular weight is 516 g/mol. The summed E-state index contributed by atoms with van der Waals surface area (Å²) in [6.07, 6.45) is 2.03. The fourth-order valence-corrected chi connectivity index (χ4v) is 5.21. The average Bonchev–Trinajstić information content (AvgIpc) is 3.58. The Labute approximate surface area is 218 Å². The summed E-state index contributed by atoms with van der Waals surface area (Å²) < 4.78 is 31.1. The molecule has 0 radical (unpaired) electrons. The maximum absolute atomic E-state index is 14.8. The van der Waals surface area contributed by atoms with Gasteiger partial charge in [0, 0.05) is 12.0 Å². The van der Waals surface area contributed by atoms with Crippen LogP contribution in [-0.4, -0.2) is 50.0 Å². The molecule has 1 saturated heterocycles. The van der Waals surface area contributed by atoms with Gasteiger partial charge in [0.25, 0.3) is 0 Å². The van der Waals surface area contributed by atoms with Crippen LogP contribution in [0.4, 0.5) is 8.78 Å². The normalized spacial score (nSPS) is 20.0. The minimum atomic E-state index is -1.32. The fraction of sp³-hybridized carbons (Fsp3) is 0.310. The van der Waals surface area contributed by atoms with Crippen molar-refractivity contribution in [3.05, 3.63) is 95.8 Å². The van der Waals surface area contributed by atoms with Crippen molar-refractivity contribution in [2.24, 2.45) is 0 Å². The molecule has 2 fully saturated rings. The molecular weight excluding hydrogens is 488 g/mol. The summed E-state index contributed by atoms with van der Waals surface area (Å²) in [5.41, 5.74) is 3.18. The number of carbonyl (C=O) groups is 2. The first kappa shape index (κ1) is 24.2. The van der Waals surface area contributed by atoms with E-state index < -0.39 is 30.1 Å². The third kappa shape index (κ3) is 4.76. The Morgan fingerprint density at radius 1 is 1.03 bits per heavy atom. The number of nitrogens with one attached hydrogen (secondary N) is 1. The highest BCUT2D eigenvalue weighted by molar-refractivity contribution is 5.89. The van der Waals surface area contributed by atoms with Gasteiger partial charge in [-0.3, -0.25) is 9.59 Å². The van der Waals surface area contributed by atoms with E-state index in [-0.39, 0.29) is 31.3 Å². The summed E-state index contributed by atoms with van der Waals surface area (Å²) in [5, 5.41) is 2.93. The number of hydrogen-bond donors (Lipinski definition) is 1. The van der Waals surface area contributed by atoms with Crippen LogP contribution in [0.3, 0.4) is 0 Å². The number of benzene rings is 2. The summed E-state index contributed by atoms with van der Waals surface area (Å²) in [7, 11) is 0. The number of fused-ring (bicyclic) bond motifs is 1. The molecule has 9 heteroatoms. The molecule has 4 aromatic rings. The monoisotopic (exact) mass is 515 g/mol. The molecule has 38 heavy (non-hydrogen) atoms. The molecule has 0 unspecified atom stereocenters. The van der Waals surface area contributed by atoms with Crippen molar-refractivity contribution < 1.29 is 18.4 Å². The third-order valence-corrected chi connectivity index (χ3v) is 7.34. The van der Waals surface area contributed by atoms with E-state index in [0.717, 1.165) is 23.9 Å². The molecule has 2 amide bonds. The number of rotatable bonds is 7. The van der Waals surface area contributed by atoms with Gasteiger partial charge in [0.05, 0.1) is 35.6 Å². The molecule has 2 aromatic heterocycles. The summed E-state index contributed by atoms with van der Waals surface area (Å²) >= 11 is 0. The first-order valence-corrected chi connectivity index (χ1v) is 12.8. The van der Waals surface area contributed by atoms with Crippen LogP contribution < -0.4 is 5.32 Å². The van der Waals surface area contributed by atoms with Gasteiger partial charge in [0.2, 0.25) is 17.8 Å². The lowest BCUT2D eigenvalue weighted by atomic mass is 10.0. The summed E-state index contributed by atoms with van der Waals surface area (Å²) in [4.78, 5) is 36.6. The van der Waals surface area contributed by atoms with Gasteiger partial charge >= 0.3 is 0 Å². The Balaban J connectivity index is 1.24. The maximum atomic E-state index is 14.8. The Hall–Kier alpha value is -4.14. The number of pyridine rings is 1. The van der Waals surface area contributed by atoms with E-state index in [1.54, 1.807) is 23.0 Å². The molecule has 1 saturated carbocycles. The largest absolute Gasteiger partial charge is 0.342 e. The second kappa shape index (κ2) is 9.96. The summed E-state index contributed by atoms with van der Waals surface area (Å²) in [6, 6.07) is 18.3. The molecule has 0 spiro atoms. The molecule has 6 rings (SSSR count). The zero-order valence-corrected chi connectivity index (χ0v) is 20.6. The molecule has 3 heterocycles. The number of imidazole rings is 1. The van der Waals surface area contributed by atoms with E-state index in [1.165, 1.54) is 4.90 Å². The van der Waals surface area contributed by atoms with Gasteiger partial charge in [-0.1, -0.05) is 48.5 Å². The van der Waals surface area contributed by atoms with Crippen molar-refractivity contribution in [2.75, 3.05) is 6.54 Å². The van der Waals surface area contributed by atoms with Crippen LogP contribution >= 0.6 is 0 Å². The lowest BCUT2D eigenvalue weighted by molar-refractivity contribution is -0.139. The molecule has 1 aliphatic carbocycles. The van der Waals surface area contributed by atoms with Crippen LogP contribution in [0, 0.1) is 5.95 Å². The van der Waals surface area contributed by atoms with E-state index >= 15 is 0 Å². The first-order valence-electron chi connectivity index (χ1n) is 12.8. The molecule has 194 valence electrons. The number of halogens is 2. The van der Waals surface area contributed by atoms with E-state index in [4.69, 9.17) is 0 Å². The van der Waals surface area contributed by atoms with Gasteiger partial charge in [-0.2, -0.15) is 4.39 Å². The van der Waals surface area contributed by atoms with Gasteiger partial charge in [0.15, 0.2) is 0 Å². The summed E-state index contributed by atoms with van der Waals surface area (Å²) in [6.45, 7) is -0.225. The van der Waals surface area contributed by atoms with Crippen LogP contribution in [-0.2, 0) is 16.1 Å². The predicted octanol–water partition coefficient (Wildman–Crippen LogP) is 4.29. The highest BCUT2D eigenvalue weighted by atomic mass is 19.1. The quantitative estimate of drug-likeness (QED) is 0.373. The number of nitrogens with zero attached hydrogens (tertiary/aromatic N) is 4. The lowest BCUT2D eigenvalue weighted by Gasteiger charge is -2.27. The highest BCUT2D eigenvalue weighted by Gasteiger charge is 2.41. The van der Waals surface area contributed by atoms with Crippen molar-refractivity contribution in [3.8, 4) is 0 Å². The van der Waals surface area contributed by atoms with Crippen LogP contribution in [0.1, 0.15) is 48.0 Å². The van der Waals surface area contributed by atoms with Gasteiger partial charge < -0.3 is 14.8 Å². The van der Waals surface area contributed by atoms with Crippen LogP contribution in [0.5, 0.6) is 0 Å². The van der Waals surface area contributed by atoms with E-state index in [2.05, 4.69) is 15.3 Å². The van der Waals surface area contributed by atoms with Crippen molar-refractivity contribution in [1.29, 1.82) is 0 Å². The first-order chi connectivity index (χ1) is 18.5. The van der Waals surface area contributed by atoms with Crippen LogP contribution in [0.2, 0.25) is 0 Å². The van der Waals surface area contributed by atoms with Crippen molar-refractivity contribution in [2.45, 2.75) is 50.0 Å². The Morgan fingerprint density at radius 3 is 2.55 bits per heavy atom. The predicted molar refractivity (Wildman–Crippen MR) is 137 cm³/mol. The van der Waals surface area contributed by atoms with Crippen LogP contribution in [0.25, 0.3) is 11.0 Å². The molecule has 3 atom stereocenters. The van der Waals surface area contributed by atoms with E-state index in [0.29, 0.717) is 16.8 Å². The zero-order valence-electron chi connectivity index (χ0n) is 20.6. The number of para-hydroxylation sites is 2. The molecule has 0 bridgehead atoms. The lowest BCUT2D eigenvalue weighted by Crippen LogP contribution is -2.48. The smallest absolute Gasteiger partial charge is 0.243 e. The van der Waals surface area contributed by atoms with E-state index in [9.17, 15) is 18.4 Å². The number of alkyl halides is 1. The molecule has 2 aromatic carbocycles. The molecule has 1 N–H and O–H groups in total. The topological polar surface area (TPSA) is 80.1 Å². The SMILES string of the molecule is O=C(N[C@H](c1ccccc1)c1ccc(C2CC2)c(F)n1)[C@@H]1C[C@@H](F)CN1C(=O)Cn1cnc2ccccc21. The minimum Gasteiger partial charge on any atom is -0.342 e. The second-order valence-electron chi connectivity index (χ2n) is 10.00. The van der Waals surface area contributed by atoms with Crippen molar-refractivity contribution in [3.63, 3.8) is 0 Å². The summed E-state index contributed by atoms with van der Waals surface area (Å²) in [5.74, 6) is -1.21. The van der Waals surface area contributed by atoms with Crippen molar-refractivity contribution in [1.82, 2.24) is 24.8 Å². The number of amides is 2. The van der Waals surface area contributed by atoms with Crippen LogP contribution in [0.15, 0.2) is 73.1 Å². The number of likely N-dealkylation sites (tertiary alicyclic amines) is 1. The molecule has 7 nitrogen and oxygen atoms in total. The Bertz CT molecular complexity index is 1490. The van der Waals surface area contributed by atoms with Gasteiger partial charge in [-0.25, -0.2) is 14.4 Å². The maximum Gasteiger partial charge on any atom is 0.243 e. The zero-order chi connectivity index (χ0) is 26.2. The molecule has 1 aliphatic heterocycles. The number of aromatic nitrogens is 3. The Morgan fingerprint density at radius 2 is 1.79 bits per heavy atom. The molecular formula is C29H27F2N5O2. The van der Waals surface area contributed by atoms with E-state index in [1.807, 2.05) is 54.6 Å². The van der Waals surface area contributed by atoms with Gasteiger partial charge in [-0.05, 0) is 42.5 Å². The second-order valence-corrected chi connectivity index (χ2v) is 10.00. The Kier molecular flexibility index (Phi) is 6.35. The van der Waals surface area contributed by atoms with Gasteiger partial charge in [-0.15, -0.1) is 0 Å². The highest BCUT2D eigenvalue weighted by Crippen LogP contribution is 2.41. The number of carbonyl (C=O) groups excluding carboxylic acids is 2. The van der Waals surface area contributed by atoms with Crippen molar-refractivity contribution >= 4 is 22.8 Å². The third-order valence-electron chi connectivity index (χ3n) is 7.34.